The molecule has 0 bridgehead atoms. The van der Waals surface area contributed by atoms with Crippen LogP contribution in [-0.2, 0) is 13.1 Å². The molecule has 0 aliphatic carbocycles. The minimum absolute atomic E-state index is 0.800. The molecule has 0 saturated carbocycles. The largest absolute Gasteiger partial charge is 0.359 e. The van der Waals surface area contributed by atoms with Gasteiger partial charge < -0.3 is 10.6 Å². The first-order valence-electron chi connectivity index (χ1n) is 7.90. The number of piperidine rings is 1. The van der Waals surface area contributed by atoms with Crippen LogP contribution in [0.4, 0.5) is 0 Å². The topological polar surface area (TPSA) is 39.7 Å². The number of nitrogens with one attached hydrogen (secondary N) is 2. The molecule has 1 atom stereocenters. The van der Waals surface area contributed by atoms with Crippen LogP contribution in [-0.4, -0.2) is 38.0 Å². The van der Waals surface area contributed by atoms with Crippen molar-refractivity contribution < 1.29 is 0 Å². The normalized spacial score (nSPS) is 20.3. The van der Waals surface area contributed by atoms with Crippen molar-refractivity contribution in [3.63, 3.8) is 0 Å². The molecule has 4 nitrogen and oxygen atoms in total. The summed E-state index contributed by atoms with van der Waals surface area (Å²) in [6, 6.07) is 8.91. The molecule has 116 valence electrons. The predicted molar refractivity (Wildman–Crippen MR) is 89.4 cm³/mol. The van der Waals surface area contributed by atoms with Gasteiger partial charge in [-0.2, -0.15) is 0 Å². The number of benzene rings is 1. The van der Waals surface area contributed by atoms with Crippen LogP contribution in [0.2, 0.25) is 0 Å². The van der Waals surface area contributed by atoms with Crippen LogP contribution in [0.25, 0.3) is 0 Å². The highest BCUT2D eigenvalue weighted by Crippen LogP contribution is 2.18. The maximum absolute atomic E-state index is 4.11. The Morgan fingerprint density at radius 3 is 2.62 bits per heavy atom. The molecule has 4 heteroatoms. The van der Waals surface area contributed by atoms with E-state index >= 15 is 0 Å². The molecule has 0 aromatic heterocycles. The van der Waals surface area contributed by atoms with Crippen LogP contribution in [0.15, 0.2) is 29.3 Å². The number of nitrogens with zero attached hydrogens (tertiary/aromatic N) is 2. The Balaban J connectivity index is 1.84. The second-order valence-electron chi connectivity index (χ2n) is 5.97. The molecule has 0 radical (unpaired) electrons. The monoisotopic (exact) mass is 288 g/mol. The molecule has 1 aromatic carbocycles. The summed E-state index contributed by atoms with van der Waals surface area (Å²) in [5, 5.41) is 6.29. The first kappa shape index (κ1) is 15.8. The molecule has 1 aromatic rings. The molecule has 2 rings (SSSR count). The first-order chi connectivity index (χ1) is 10.2. The third-order valence-electron chi connectivity index (χ3n) is 4.09. The minimum Gasteiger partial charge on any atom is -0.359 e. The van der Waals surface area contributed by atoms with Gasteiger partial charge in [0.15, 0.2) is 5.96 Å². The second-order valence-corrected chi connectivity index (χ2v) is 5.97. The Bertz CT molecular complexity index is 452. The Morgan fingerprint density at radius 1 is 1.29 bits per heavy atom. The summed E-state index contributed by atoms with van der Waals surface area (Å²) in [6.45, 7) is 6.72. The minimum atomic E-state index is 0.800. The third kappa shape index (κ3) is 5.05. The number of aliphatic imine (C=N–C) groups is 1. The van der Waals surface area contributed by atoms with Gasteiger partial charge in [0.05, 0.1) is 0 Å². The predicted octanol–water partition coefficient (Wildman–Crippen LogP) is 2.21. The summed E-state index contributed by atoms with van der Waals surface area (Å²) in [7, 11) is 3.65. The standard InChI is InChI=1S/C17H28N4/c1-14-5-4-10-21(12-14)13-16-8-6-15(7-9-16)11-20-17(18-2)19-3/h6-9,14H,4-5,10-13H2,1-3H3,(H2,18,19,20). The molecule has 21 heavy (non-hydrogen) atoms. The number of likely N-dealkylation sites (tertiary alicyclic amines) is 1. The SMILES string of the molecule is CN=C(NC)NCc1ccc(CN2CCCC(C)C2)cc1. The van der Waals surface area contributed by atoms with E-state index in [1.807, 2.05) is 7.05 Å². The van der Waals surface area contributed by atoms with Gasteiger partial charge in [-0.25, -0.2) is 0 Å². The molecule has 1 aliphatic heterocycles. The molecular formula is C17H28N4. The van der Waals surface area contributed by atoms with Crippen molar-refractivity contribution in [1.82, 2.24) is 15.5 Å². The van der Waals surface area contributed by atoms with Gasteiger partial charge in [0.1, 0.15) is 0 Å². The lowest BCUT2D eigenvalue weighted by molar-refractivity contribution is 0.176. The second kappa shape index (κ2) is 8.03. The van der Waals surface area contributed by atoms with Crippen LogP contribution in [0, 0.1) is 5.92 Å². The highest BCUT2D eigenvalue weighted by atomic mass is 15.1. The van der Waals surface area contributed by atoms with Crippen molar-refractivity contribution in [1.29, 1.82) is 0 Å². The van der Waals surface area contributed by atoms with Gasteiger partial charge in [-0.05, 0) is 36.4 Å². The Kier molecular flexibility index (Phi) is 6.05. The molecule has 1 heterocycles. The Hall–Kier alpha value is -1.55. The highest BCUT2D eigenvalue weighted by Gasteiger charge is 2.15. The summed E-state index contributed by atoms with van der Waals surface area (Å²) >= 11 is 0. The van der Waals surface area contributed by atoms with Gasteiger partial charge in [0.2, 0.25) is 0 Å². The van der Waals surface area contributed by atoms with E-state index < -0.39 is 0 Å². The number of rotatable bonds is 4. The van der Waals surface area contributed by atoms with Gasteiger partial charge in [0.25, 0.3) is 0 Å². The molecule has 1 unspecified atom stereocenters. The van der Waals surface area contributed by atoms with Crippen LogP contribution in [0.3, 0.4) is 0 Å². The van der Waals surface area contributed by atoms with Crippen molar-refractivity contribution >= 4 is 5.96 Å². The molecule has 1 saturated heterocycles. The van der Waals surface area contributed by atoms with Crippen LogP contribution in [0.5, 0.6) is 0 Å². The van der Waals surface area contributed by atoms with Crippen LogP contribution in [0.1, 0.15) is 30.9 Å². The summed E-state index contributed by atoms with van der Waals surface area (Å²) in [6.07, 6.45) is 2.72. The summed E-state index contributed by atoms with van der Waals surface area (Å²) < 4.78 is 0. The summed E-state index contributed by atoms with van der Waals surface area (Å²) in [4.78, 5) is 6.69. The Labute approximate surface area is 128 Å². The number of hydrogen-bond acceptors (Lipinski definition) is 2. The lowest BCUT2D eigenvalue weighted by Crippen LogP contribution is -2.34. The van der Waals surface area contributed by atoms with Gasteiger partial charge >= 0.3 is 0 Å². The smallest absolute Gasteiger partial charge is 0.190 e. The molecule has 1 aliphatic rings. The molecule has 2 N–H and O–H groups in total. The van der Waals surface area contributed by atoms with Gasteiger partial charge in [-0.15, -0.1) is 0 Å². The van der Waals surface area contributed by atoms with E-state index in [0.717, 1.165) is 25.0 Å². The molecule has 0 spiro atoms. The van der Waals surface area contributed by atoms with Crippen molar-refractivity contribution in [2.24, 2.45) is 10.9 Å². The zero-order valence-corrected chi connectivity index (χ0v) is 13.5. The van der Waals surface area contributed by atoms with E-state index in [9.17, 15) is 0 Å². The highest BCUT2D eigenvalue weighted by molar-refractivity contribution is 5.79. The van der Waals surface area contributed by atoms with E-state index in [4.69, 9.17) is 0 Å². The lowest BCUT2D eigenvalue weighted by atomic mass is 9.99. The van der Waals surface area contributed by atoms with Crippen molar-refractivity contribution in [2.45, 2.75) is 32.9 Å². The van der Waals surface area contributed by atoms with Gasteiger partial charge in [0, 0.05) is 33.7 Å². The zero-order chi connectivity index (χ0) is 15.1. The van der Waals surface area contributed by atoms with Crippen LogP contribution < -0.4 is 10.6 Å². The average Bonchev–Trinajstić information content (AvgIpc) is 2.50. The maximum Gasteiger partial charge on any atom is 0.190 e. The van der Waals surface area contributed by atoms with Crippen molar-refractivity contribution in [3.05, 3.63) is 35.4 Å². The molecular weight excluding hydrogens is 260 g/mol. The van der Waals surface area contributed by atoms with E-state index in [1.54, 1.807) is 7.05 Å². The number of hydrogen-bond donors (Lipinski definition) is 2. The third-order valence-corrected chi connectivity index (χ3v) is 4.09. The fourth-order valence-corrected chi connectivity index (χ4v) is 2.92. The van der Waals surface area contributed by atoms with Crippen LogP contribution >= 0.6 is 0 Å². The van der Waals surface area contributed by atoms with Gasteiger partial charge in [-0.3, -0.25) is 9.89 Å². The number of guanidine groups is 1. The maximum atomic E-state index is 4.11. The average molecular weight is 288 g/mol. The quantitative estimate of drug-likeness (QED) is 0.659. The van der Waals surface area contributed by atoms with Gasteiger partial charge in [-0.1, -0.05) is 31.2 Å². The van der Waals surface area contributed by atoms with Crippen molar-refractivity contribution in [3.8, 4) is 0 Å². The molecule has 1 fully saturated rings. The summed E-state index contributed by atoms with van der Waals surface area (Å²) in [5.74, 6) is 1.66. The van der Waals surface area contributed by atoms with E-state index in [2.05, 4.69) is 51.7 Å². The van der Waals surface area contributed by atoms with E-state index in [1.165, 1.54) is 37.1 Å². The fraction of sp³-hybridized carbons (Fsp3) is 0.588. The van der Waals surface area contributed by atoms with E-state index in [0.29, 0.717) is 0 Å². The van der Waals surface area contributed by atoms with E-state index in [-0.39, 0.29) is 0 Å². The van der Waals surface area contributed by atoms with Crippen molar-refractivity contribution in [2.75, 3.05) is 27.2 Å². The summed E-state index contributed by atoms with van der Waals surface area (Å²) in [5.41, 5.74) is 2.69. The Morgan fingerprint density at radius 2 is 2.00 bits per heavy atom. The lowest BCUT2D eigenvalue weighted by Gasteiger charge is -2.30. The first-order valence-corrected chi connectivity index (χ1v) is 7.90. The fourth-order valence-electron chi connectivity index (χ4n) is 2.92. The zero-order valence-electron chi connectivity index (χ0n) is 13.5. The molecule has 0 amide bonds.